The highest BCUT2D eigenvalue weighted by atomic mass is 14.9. The molecular formula is C13H21N. The third-order valence-electron chi connectivity index (χ3n) is 2.53. The summed E-state index contributed by atoms with van der Waals surface area (Å²) in [6.07, 6.45) is 3.69. The van der Waals surface area contributed by atoms with E-state index < -0.39 is 0 Å². The summed E-state index contributed by atoms with van der Waals surface area (Å²) in [5, 5.41) is 3.59. The van der Waals surface area contributed by atoms with Gasteiger partial charge in [-0.2, -0.15) is 0 Å². The molecule has 0 bridgehead atoms. The third kappa shape index (κ3) is 3.51. The minimum atomic E-state index is 0.530. The van der Waals surface area contributed by atoms with E-state index in [2.05, 4.69) is 49.5 Å². The second-order valence-corrected chi connectivity index (χ2v) is 3.68. The maximum absolute atomic E-state index is 3.59. The van der Waals surface area contributed by atoms with Crippen LogP contribution in [-0.4, -0.2) is 6.54 Å². The quantitative estimate of drug-likeness (QED) is 0.678. The number of hydrogen-bond acceptors (Lipinski definition) is 1. The molecule has 0 aliphatic carbocycles. The summed E-state index contributed by atoms with van der Waals surface area (Å²) in [6.45, 7) is 5.59. The van der Waals surface area contributed by atoms with Crippen LogP contribution in [0.1, 0.15) is 44.7 Å². The summed E-state index contributed by atoms with van der Waals surface area (Å²) in [5.74, 6) is 0. The molecule has 1 rings (SSSR count). The van der Waals surface area contributed by atoms with Crippen LogP contribution >= 0.6 is 0 Å². The van der Waals surface area contributed by atoms with Crippen molar-refractivity contribution in [2.75, 3.05) is 6.54 Å². The number of rotatable bonds is 6. The molecule has 0 aliphatic heterocycles. The molecular weight excluding hydrogens is 170 g/mol. The molecule has 0 saturated heterocycles. The molecule has 0 spiro atoms. The van der Waals surface area contributed by atoms with Gasteiger partial charge in [0.05, 0.1) is 0 Å². The maximum atomic E-state index is 3.59. The highest BCUT2D eigenvalue weighted by Gasteiger charge is 2.06. The number of benzene rings is 1. The molecule has 0 aromatic heterocycles. The predicted octanol–water partition coefficient (Wildman–Crippen LogP) is 3.53. The average molecular weight is 191 g/mol. The van der Waals surface area contributed by atoms with Crippen LogP contribution in [-0.2, 0) is 0 Å². The molecule has 1 aromatic rings. The van der Waals surface area contributed by atoms with Crippen molar-refractivity contribution in [3.63, 3.8) is 0 Å². The van der Waals surface area contributed by atoms with E-state index in [0.717, 1.165) is 13.0 Å². The number of nitrogens with one attached hydrogen (secondary N) is 1. The Kier molecular flexibility index (Phi) is 5.31. The van der Waals surface area contributed by atoms with Crippen LogP contribution in [0.3, 0.4) is 0 Å². The number of hydrogen-bond donors (Lipinski definition) is 1. The topological polar surface area (TPSA) is 12.0 Å². The highest BCUT2D eigenvalue weighted by Crippen LogP contribution is 2.15. The monoisotopic (exact) mass is 191 g/mol. The first kappa shape index (κ1) is 11.3. The summed E-state index contributed by atoms with van der Waals surface area (Å²) in [4.78, 5) is 0. The first-order valence-corrected chi connectivity index (χ1v) is 5.66. The first-order valence-electron chi connectivity index (χ1n) is 5.66. The van der Waals surface area contributed by atoms with Crippen LogP contribution in [0.15, 0.2) is 30.3 Å². The molecule has 0 fully saturated rings. The largest absolute Gasteiger partial charge is 0.310 e. The van der Waals surface area contributed by atoms with Gasteiger partial charge in [-0.05, 0) is 24.9 Å². The van der Waals surface area contributed by atoms with Crippen LogP contribution in [0, 0.1) is 0 Å². The Hall–Kier alpha value is -0.820. The predicted molar refractivity (Wildman–Crippen MR) is 62.4 cm³/mol. The summed E-state index contributed by atoms with van der Waals surface area (Å²) >= 11 is 0. The van der Waals surface area contributed by atoms with E-state index in [-0.39, 0.29) is 0 Å². The van der Waals surface area contributed by atoms with Crippen LogP contribution in [0.25, 0.3) is 0 Å². The molecule has 0 amide bonds. The summed E-state index contributed by atoms with van der Waals surface area (Å²) in [6, 6.07) is 11.2. The van der Waals surface area contributed by atoms with E-state index in [9.17, 15) is 0 Å². The van der Waals surface area contributed by atoms with Crippen LogP contribution < -0.4 is 5.32 Å². The fourth-order valence-corrected chi connectivity index (χ4v) is 1.64. The van der Waals surface area contributed by atoms with Crippen molar-refractivity contribution in [1.29, 1.82) is 0 Å². The molecule has 78 valence electrons. The lowest BCUT2D eigenvalue weighted by Crippen LogP contribution is -2.21. The van der Waals surface area contributed by atoms with Gasteiger partial charge in [0.2, 0.25) is 0 Å². The Morgan fingerprint density at radius 1 is 1.14 bits per heavy atom. The SMILES string of the molecule is CCCCN[C@@H](CC)c1ccccc1. The molecule has 0 aliphatic rings. The smallest absolute Gasteiger partial charge is 0.0317 e. The van der Waals surface area contributed by atoms with Gasteiger partial charge in [-0.1, -0.05) is 50.6 Å². The van der Waals surface area contributed by atoms with Crippen LogP contribution in [0.5, 0.6) is 0 Å². The lowest BCUT2D eigenvalue weighted by molar-refractivity contribution is 0.508. The van der Waals surface area contributed by atoms with E-state index in [1.807, 2.05) is 0 Å². The third-order valence-corrected chi connectivity index (χ3v) is 2.53. The molecule has 1 atom stereocenters. The zero-order valence-corrected chi connectivity index (χ0v) is 9.29. The van der Waals surface area contributed by atoms with Crippen molar-refractivity contribution in [2.45, 2.75) is 39.2 Å². The second-order valence-electron chi connectivity index (χ2n) is 3.68. The summed E-state index contributed by atoms with van der Waals surface area (Å²) in [7, 11) is 0. The van der Waals surface area contributed by atoms with E-state index >= 15 is 0 Å². The Morgan fingerprint density at radius 2 is 1.86 bits per heavy atom. The van der Waals surface area contributed by atoms with Gasteiger partial charge in [0.1, 0.15) is 0 Å². The van der Waals surface area contributed by atoms with Gasteiger partial charge < -0.3 is 5.32 Å². The lowest BCUT2D eigenvalue weighted by Gasteiger charge is -2.16. The van der Waals surface area contributed by atoms with E-state index in [0.29, 0.717) is 6.04 Å². The van der Waals surface area contributed by atoms with Crippen molar-refractivity contribution >= 4 is 0 Å². The van der Waals surface area contributed by atoms with Gasteiger partial charge in [-0.3, -0.25) is 0 Å². The first-order chi connectivity index (χ1) is 6.88. The van der Waals surface area contributed by atoms with E-state index in [4.69, 9.17) is 0 Å². The van der Waals surface area contributed by atoms with E-state index in [1.54, 1.807) is 0 Å². The molecule has 14 heavy (non-hydrogen) atoms. The molecule has 0 saturated carbocycles. The van der Waals surface area contributed by atoms with Gasteiger partial charge in [-0.15, -0.1) is 0 Å². The molecule has 0 unspecified atom stereocenters. The molecule has 1 aromatic carbocycles. The minimum absolute atomic E-state index is 0.530. The zero-order valence-electron chi connectivity index (χ0n) is 9.29. The maximum Gasteiger partial charge on any atom is 0.0317 e. The normalized spacial score (nSPS) is 12.7. The fourth-order valence-electron chi connectivity index (χ4n) is 1.64. The van der Waals surface area contributed by atoms with Crippen molar-refractivity contribution in [3.8, 4) is 0 Å². The summed E-state index contributed by atoms with van der Waals surface area (Å²) in [5.41, 5.74) is 1.41. The van der Waals surface area contributed by atoms with Crippen molar-refractivity contribution < 1.29 is 0 Å². The Morgan fingerprint density at radius 3 is 2.43 bits per heavy atom. The average Bonchev–Trinajstić information content (AvgIpc) is 2.26. The van der Waals surface area contributed by atoms with Gasteiger partial charge in [-0.25, -0.2) is 0 Å². The Labute approximate surface area is 87.5 Å². The second kappa shape index (κ2) is 6.61. The van der Waals surface area contributed by atoms with Crippen LogP contribution in [0.2, 0.25) is 0 Å². The number of unbranched alkanes of at least 4 members (excludes halogenated alkanes) is 1. The zero-order chi connectivity index (χ0) is 10.2. The van der Waals surface area contributed by atoms with Gasteiger partial charge in [0, 0.05) is 6.04 Å². The Bertz CT molecular complexity index is 230. The highest BCUT2D eigenvalue weighted by molar-refractivity contribution is 5.18. The van der Waals surface area contributed by atoms with Crippen molar-refractivity contribution in [1.82, 2.24) is 5.32 Å². The lowest BCUT2D eigenvalue weighted by atomic mass is 10.0. The Balaban J connectivity index is 2.46. The molecule has 0 radical (unpaired) electrons. The molecule has 1 heteroatoms. The van der Waals surface area contributed by atoms with Gasteiger partial charge in [0.25, 0.3) is 0 Å². The minimum Gasteiger partial charge on any atom is -0.310 e. The molecule has 0 heterocycles. The molecule has 1 N–H and O–H groups in total. The summed E-state index contributed by atoms with van der Waals surface area (Å²) < 4.78 is 0. The van der Waals surface area contributed by atoms with Crippen molar-refractivity contribution in [2.24, 2.45) is 0 Å². The standard InChI is InChI=1S/C13H21N/c1-3-5-11-14-13(4-2)12-9-7-6-8-10-12/h6-10,13-14H,3-5,11H2,1-2H3/t13-/m0/s1. The van der Waals surface area contributed by atoms with Crippen LogP contribution in [0.4, 0.5) is 0 Å². The van der Waals surface area contributed by atoms with Gasteiger partial charge in [0.15, 0.2) is 0 Å². The van der Waals surface area contributed by atoms with Gasteiger partial charge >= 0.3 is 0 Å². The fraction of sp³-hybridized carbons (Fsp3) is 0.538. The van der Waals surface area contributed by atoms with Crippen molar-refractivity contribution in [3.05, 3.63) is 35.9 Å². The molecule has 1 nitrogen and oxygen atoms in total. The van der Waals surface area contributed by atoms with E-state index in [1.165, 1.54) is 18.4 Å².